The smallest absolute Gasteiger partial charge is 0.312 e. The molecule has 0 unspecified atom stereocenters. The van der Waals surface area contributed by atoms with Crippen molar-refractivity contribution in [2.24, 2.45) is 0 Å². The van der Waals surface area contributed by atoms with Gasteiger partial charge in [0.1, 0.15) is 0 Å². The summed E-state index contributed by atoms with van der Waals surface area (Å²) >= 11 is 0. The van der Waals surface area contributed by atoms with Crippen LogP contribution in [0.2, 0.25) is 0 Å². The highest BCUT2D eigenvalue weighted by Crippen LogP contribution is 2.06. The molecule has 2 saturated heterocycles. The molecule has 0 spiro atoms. The van der Waals surface area contributed by atoms with E-state index < -0.39 is 35.4 Å². The summed E-state index contributed by atoms with van der Waals surface area (Å²) in [5.41, 5.74) is 0. The molecule has 3 aliphatic rings. The Labute approximate surface area is 208 Å². The molecule has 0 saturated carbocycles. The molecule has 7 amide bonds. The second-order valence-corrected chi connectivity index (χ2v) is 8.53. The minimum Gasteiger partial charge on any atom is -0.347 e. The van der Waals surface area contributed by atoms with Gasteiger partial charge >= 0.3 is 11.8 Å². The zero-order valence-corrected chi connectivity index (χ0v) is 20.0. The van der Waals surface area contributed by atoms with Crippen molar-refractivity contribution < 1.29 is 33.6 Å². The van der Waals surface area contributed by atoms with Crippen molar-refractivity contribution in [2.75, 3.05) is 72.0 Å². The van der Waals surface area contributed by atoms with Gasteiger partial charge in [-0.2, -0.15) is 0 Å². The lowest BCUT2D eigenvalue weighted by Gasteiger charge is -2.36. The molecule has 0 aromatic carbocycles. The molecule has 14 heteroatoms. The number of rotatable bonds is 8. The van der Waals surface area contributed by atoms with Gasteiger partial charge in [-0.25, -0.2) is 0 Å². The minimum atomic E-state index is -0.566. The molecule has 0 aliphatic carbocycles. The van der Waals surface area contributed by atoms with Crippen LogP contribution in [0.25, 0.3) is 0 Å². The maximum atomic E-state index is 12.5. The van der Waals surface area contributed by atoms with Crippen LogP contribution in [0.15, 0.2) is 12.2 Å². The number of carbonyl (C=O) groups is 7. The molecule has 2 fully saturated rings. The Morgan fingerprint density at radius 3 is 1.86 bits per heavy atom. The van der Waals surface area contributed by atoms with Crippen LogP contribution in [-0.4, -0.2) is 133 Å². The fourth-order valence-electron chi connectivity index (χ4n) is 3.96. The van der Waals surface area contributed by atoms with Crippen LogP contribution < -0.4 is 16.0 Å². The van der Waals surface area contributed by atoms with E-state index in [1.165, 1.54) is 26.9 Å². The summed E-state index contributed by atoms with van der Waals surface area (Å²) in [5, 5.41) is 7.99. The molecule has 3 N–H and O–H groups in total. The third-order valence-electron chi connectivity index (χ3n) is 6.08. The van der Waals surface area contributed by atoms with Crippen LogP contribution in [0.1, 0.15) is 12.8 Å². The molecule has 0 bridgehead atoms. The van der Waals surface area contributed by atoms with Gasteiger partial charge < -0.3 is 30.7 Å². The van der Waals surface area contributed by atoms with Crippen LogP contribution in [0.5, 0.6) is 0 Å². The second-order valence-electron chi connectivity index (χ2n) is 8.53. The SMILES string of the molecule is O=C(CCCN1C(=O)C=CC1=O)[15NH][13CH2][13C](=O)N[13CH2][13C](=O)N1CCN(C(=O)C(=O)[15N]2[13CH2][13CH2][15NH][13CH2][13CH2]2)CC1. The van der Waals surface area contributed by atoms with Crippen LogP contribution in [0, 0.1) is 0 Å². The summed E-state index contributed by atoms with van der Waals surface area (Å²) in [5.74, 6) is -3.21. The highest BCUT2D eigenvalue weighted by molar-refractivity contribution is 6.35. The Morgan fingerprint density at radius 2 is 1.25 bits per heavy atom. The molecule has 0 aromatic heterocycles. The van der Waals surface area contributed by atoms with E-state index in [9.17, 15) is 33.6 Å². The van der Waals surface area contributed by atoms with Crippen LogP contribution in [0.4, 0.5) is 0 Å². The van der Waals surface area contributed by atoms with Gasteiger partial charge in [-0.15, -0.1) is 0 Å². The van der Waals surface area contributed by atoms with E-state index in [1.807, 2.05) is 0 Å². The first-order valence-electron chi connectivity index (χ1n) is 11.9. The molecule has 196 valence electrons. The third-order valence-corrected chi connectivity index (χ3v) is 6.08. The Morgan fingerprint density at radius 1 is 0.722 bits per heavy atom. The van der Waals surface area contributed by atoms with E-state index in [4.69, 9.17) is 0 Å². The van der Waals surface area contributed by atoms with Crippen molar-refractivity contribution in [1.82, 2.24) is 35.6 Å². The van der Waals surface area contributed by atoms with E-state index in [-0.39, 0.29) is 64.6 Å². The number of carbonyl (C=O) groups excluding carboxylic acids is 7. The molecule has 0 atom stereocenters. The topological polar surface area (TPSA) is 169 Å². The van der Waals surface area contributed by atoms with Crippen molar-refractivity contribution in [3.8, 4) is 0 Å². The number of imide groups is 1. The third kappa shape index (κ3) is 7.34. The van der Waals surface area contributed by atoms with Crippen LogP contribution >= 0.6 is 0 Å². The van der Waals surface area contributed by atoms with Crippen molar-refractivity contribution in [1.29, 1.82) is 0 Å². The Kier molecular flexibility index (Phi) is 9.50. The maximum absolute atomic E-state index is 12.5. The maximum Gasteiger partial charge on any atom is 0.312 e. The fourth-order valence-corrected chi connectivity index (χ4v) is 3.96. The van der Waals surface area contributed by atoms with Crippen LogP contribution in [-0.2, 0) is 33.6 Å². The van der Waals surface area contributed by atoms with E-state index in [1.54, 1.807) is 0 Å². The van der Waals surface area contributed by atoms with Gasteiger partial charge in [-0.05, 0) is 6.42 Å². The molecule has 3 heterocycles. The first-order valence-corrected chi connectivity index (χ1v) is 11.9. The Hall–Kier alpha value is -3.81. The summed E-state index contributed by atoms with van der Waals surface area (Å²) in [6, 6.07) is 0. The molecule has 3 aliphatic heterocycles. The van der Waals surface area contributed by atoms with Gasteiger partial charge in [-0.3, -0.25) is 38.5 Å². The number of nitrogens with zero attached hydrogens (tertiary/aromatic N) is 4. The van der Waals surface area contributed by atoms with Gasteiger partial charge in [0.25, 0.3) is 11.8 Å². The molecule has 0 radical (unpaired) electrons. The Bertz CT molecular complexity index is 919. The zero-order valence-electron chi connectivity index (χ0n) is 20.0. The molecule has 14 nitrogen and oxygen atoms in total. The van der Waals surface area contributed by atoms with E-state index in [2.05, 4.69) is 16.0 Å². The highest BCUT2D eigenvalue weighted by Gasteiger charge is 2.31. The largest absolute Gasteiger partial charge is 0.347 e. The molecule has 0 aromatic rings. The number of amides is 7. The monoisotopic (exact) mass is 516 g/mol. The summed E-state index contributed by atoms with van der Waals surface area (Å²) in [4.78, 5) is 89.5. The van der Waals surface area contributed by atoms with E-state index in [0.717, 1.165) is 4.90 Å². The predicted molar refractivity (Wildman–Crippen MR) is 124 cm³/mol. The second kappa shape index (κ2) is 12.8. The average molecular weight is 516 g/mol. The van der Waals surface area contributed by atoms with Crippen molar-refractivity contribution in [3.63, 3.8) is 0 Å². The number of hydrogen-bond donors (Lipinski definition) is 3. The van der Waals surface area contributed by atoms with Crippen molar-refractivity contribution >= 4 is 41.4 Å². The average Bonchev–Trinajstić information content (AvgIpc) is 3.22. The molecule has 36 heavy (non-hydrogen) atoms. The lowest BCUT2D eigenvalue weighted by Crippen LogP contribution is -2.57. The predicted octanol–water partition coefficient (Wildman–Crippen LogP) is -3.97. The molecular formula is C22H31N7O7. The van der Waals surface area contributed by atoms with Gasteiger partial charge in [0.2, 0.25) is 17.7 Å². The number of nitrogens with one attached hydrogen (secondary N) is 3. The van der Waals surface area contributed by atoms with Gasteiger partial charge in [0.05, 0.1) is 13.1 Å². The van der Waals surface area contributed by atoms with Gasteiger partial charge in [0.15, 0.2) is 0 Å². The summed E-state index contributed by atoms with van der Waals surface area (Å²) < 4.78 is 0. The van der Waals surface area contributed by atoms with Gasteiger partial charge in [-0.1, -0.05) is 0 Å². The number of hydrogen-bond acceptors (Lipinski definition) is 8. The van der Waals surface area contributed by atoms with Crippen LogP contribution in [0.3, 0.4) is 0 Å². The van der Waals surface area contributed by atoms with E-state index >= 15 is 0 Å². The quantitative estimate of drug-likeness (QED) is 0.127. The first-order chi connectivity index (χ1) is 17.3. The van der Waals surface area contributed by atoms with Crippen molar-refractivity contribution in [3.05, 3.63) is 12.2 Å². The zero-order chi connectivity index (χ0) is 26.1. The molecule has 3 rings (SSSR count). The van der Waals surface area contributed by atoms with E-state index in [0.29, 0.717) is 26.2 Å². The fraction of sp³-hybridized carbons (Fsp3) is 0.591. The first kappa shape index (κ1) is 26.8. The highest BCUT2D eigenvalue weighted by atomic mass is 16.3. The van der Waals surface area contributed by atoms with Gasteiger partial charge in [0, 0.05) is 77.5 Å². The summed E-state index contributed by atoms with van der Waals surface area (Å²) in [6.07, 6.45) is 2.63. The lowest BCUT2D eigenvalue weighted by molar-refractivity contribution is -0.154. The minimum absolute atomic E-state index is 0.0312. The Balaban J connectivity index is 1.27. The normalized spacial score (nSPS) is 17.9. The molecular weight excluding hydrogens is 485 g/mol. The number of piperazine rings is 2. The standard InChI is InChI=1S/C22H31N7O7/c30-16(2-1-7-29-18(32)3-4-19(29)33)24-14-17(31)25-15-20(34)26-10-12-28(13-11-26)22(36)21(35)27-8-5-23-6-9-27/h3-4,23H,1-2,5-15H2,(H,24,30)(H,25,31)/i5+1,6+1,8+1,9+1,14+1,15+1,17+1,20+1,23+1,24+1,27+1. The van der Waals surface area contributed by atoms with Crippen molar-refractivity contribution in [2.45, 2.75) is 12.8 Å². The summed E-state index contributed by atoms with van der Waals surface area (Å²) in [7, 11) is 0. The lowest BCUT2D eigenvalue weighted by atomic mass is 10.3. The summed E-state index contributed by atoms with van der Waals surface area (Å²) in [6.45, 7) is 2.79.